The molecule has 2 N–H and O–H groups in total. The number of methoxy groups -OCH3 is 1. The number of nitrogens with one attached hydrogen (secondary N) is 2. The maximum atomic E-state index is 12.1. The number of aromatic nitrogens is 1. The molecule has 2 aromatic carbocycles. The van der Waals surface area contributed by atoms with Crippen molar-refractivity contribution in [2.24, 2.45) is 0 Å². The number of amides is 1. The van der Waals surface area contributed by atoms with Crippen molar-refractivity contribution in [2.45, 2.75) is 0 Å². The number of anilines is 1. The van der Waals surface area contributed by atoms with Crippen molar-refractivity contribution in [1.29, 1.82) is 0 Å². The van der Waals surface area contributed by atoms with Crippen LogP contribution in [-0.2, 0) is 0 Å². The van der Waals surface area contributed by atoms with E-state index in [2.05, 4.69) is 10.3 Å². The molecule has 0 bridgehead atoms. The molecule has 0 aliphatic heterocycles. The van der Waals surface area contributed by atoms with Gasteiger partial charge in [-0.1, -0.05) is 11.3 Å². The van der Waals surface area contributed by atoms with Crippen molar-refractivity contribution in [1.82, 2.24) is 4.98 Å². The number of carbonyl (C=O) groups is 1. The highest BCUT2D eigenvalue weighted by atomic mass is 32.1. The van der Waals surface area contributed by atoms with Gasteiger partial charge in [-0.05, 0) is 42.5 Å². The molecule has 0 fully saturated rings. The molecule has 106 valence electrons. The Bertz CT molecular complexity index is 849. The molecular weight excluding hydrogens is 288 g/mol. The minimum absolute atomic E-state index is 0.108. The van der Waals surface area contributed by atoms with Crippen LogP contribution in [0.4, 0.5) is 5.69 Å². The monoisotopic (exact) mass is 300 g/mol. The Kier molecular flexibility index (Phi) is 3.45. The summed E-state index contributed by atoms with van der Waals surface area (Å²) < 4.78 is 5.87. The number of carbonyl (C=O) groups excluding carboxylic acids is 1. The molecule has 1 aromatic heterocycles. The molecule has 1 amide bonds. The molecule has 0 atom stereocenters. The number of hydrogen-bond donors (Lipinski definition) is 2. The predicted octanol–water partition coefficient (Wildman–Crippen LogP) is 2.85. The van der Waals surface area contributed by atoms with E-state index in [0.717, 1.165) is 21.6 Å². The maximum Gasteiger partial charge on any atom is 0.305 e. The summed E-state index contributed by atoms with van der Waals surface area (Å²) in [7, 11) is 1.58. The zero-order valence-electron chi connectivity index (χ0n) is 11.2. The molecule has 0 spiro atoms. The Morgan fingerprint density at radius 1 is 1.19 bits per heavy atom. The summed E-state index contributed by atoms with van der Waals surface area (Å²) in [5.41, 5.74) is 1.96. The van der Waals surface area contributed by atoms with Crippen molar-refractivity contribution in [2.75, 3.05) is 12.4 Å². The van der Waals surface area contributed by atoms with Crippen molar-refractivity contribution in [3.05, 3.63) is 57.7 Å². The highest BCUT2D eigenvalue weighted by Crippen LogP contribution is 2.20. The van der Waals surface area contributed by atoms with Crippen LogP contribution in [0.3, 0.4) is 0 Å². The van der Waals surface area contributed by atoms with Crippen LogP contribution >= 0.6 is 11.3 Å². The van der Waals surface area contributed by atoms with Crippen molar-refractivity contribution < 1.29 is 9.53 Å². The van der Waals surface area contributed by atoms with Crippen LogP contribution in [0, 0.1) is 0 Å². The highest BCUT2D eigenvalue weighted by molar-refractivity contribution is 7.16. The zero-order valence-corrected chi connectivity index (χ0v) is 12.0. The van der Waals surface area contributed by atoms with Gasteiger partial charge in [-0.2, -0.15) is 0 Å². The summed E-state index contributed by atoms with van der Waals surface area (Å²) >= 11 is 1.12. The van der Waals surface area contributed by atoms with Crippen molar-refractivity contribution in [3.63, 3.8) is 0 Å². The van der Waals surface area contributed by atoms with Gasteiger partial charge < -0.3 is 15.0 Å². The van der Waals surface area contributed by atoms with E-state index in [1.165, 1.54) is 0 Å². The van der Waals surface area contributed by atoms with Crippen LogP contribution in [0.5, 0.6) is 5.75 Å². The minimum Gasteiger partial charge on any atom is -0.497 e. The second-order valence-corrected chi connectivity index (χ2v) is 5.42. The highest BCUT2D eigenvalue weighted by Gasteiger charge is 2.07. The number of hydrogen-bond acceptors (Lipinski definition) is 4. The molecule has 0 saturated carbocycles. The second-order valence-electron chi connectivity index (χ2n) is 4.41. The lowest BCUT2D eigenvalue weighted by molar-refractivity contribution is 0.102. The molecule has 0 aliphatic rings. The second kappa shape index (κ2) is 5.41. The average Bonchev–Trinajstić information content (AvgIpc) is 2.86. The normalized spacial score (nSPS) is 10.5. The summed E-state index contributed by atoms with van der Waals surface area (Å²) in [4.78, 5) is 26.0. The van der Waals surface area contributed by atoms with Gasteiger partial charge in [0.15, 0.2) is 0 Å². The SMILES string of the molecule is COc1ccc(C(=O)Nc2ccc3[nH]c(=O)sc3c2)cc1. The zero-order chi connectivity index (χ0) is 14.8. The van der Waals surface area contributed by atoms with E-state index in [1.54, 1.807) is 49.6 Å². The van der Waals surface area contributed by atoms with Crippen LogP contribution in [-0.4, -0.2) is 18.0 Å². The lowest BCUT2D eigenvalue weighted by Gasteiger charge is -2.06. The van der Waals surface area contributed by atoms with E-state index in [4.69, 9.17) is 4.74 Å². The summed E-state index contributed by atoms with van der Waals surface area (Å²) in [5, 5.41) is 2.81. The molecule has 1 heterocycles. The molecule has 21 heavy (non-hydrogen) atoms. The Morgan fingerprint density at radius 3 is 2.67 bits per heavy atom. The van der Waals surface area contributed by atoms with E-state index < -0.39 is 0 Å². The molecular formula is C15H12N2O3S. The summed E-state index contributed by atoms with van der Waals surface area (Å²) in [6.45, 7) is 0. The first-order chi connectivity index (χ1) is 10.2. The van der Waals surface area contributed by atoms with Gasteiger partial charge in [0, 0.05) is 11.3 Å². The standard InChI is InChI=1S/C15H12N2O3S/c1-20-11-5-2-9(3-6-11)14(18)16-10-4-7-12-13(8-10)21-15(19)17-12/h2-8H,1H3,(H,16,18)(H,17,19). The predicted molar refractivity (Wildman–Crippen MR) is 83.4 cm³/mol. The van der Waals surface area contributed by atoms with Gasteiger partial charge in [-0.3, -0.25) is 9.59 Å². The fourth-order valence-corrected chi connectivity index (χ4v) is 2.74. The van der Waals surface area contributed by atoms with Crippen LogP contribution in [0.25, 0.3) is 10.2 Å². The van der Waals surface area contributed by atoms with Gasteiger partial charge in [0.2, 0.25) is 0 Å². The van der Waals surface area contributed by atoms with E-state index in [-0.39, 0.29) is 10.8 Å². The van der Waals surface area contributed by atoms with Crippen molar-refractivity contribution >= 4 is 33.1 Å². The topological polar surface area (TPSA) is 71.2 Å². The fourth-order valence-electron chi connectivity index (χ4n) is 1.97. The number of thiazole rings is 1. The quantitative estimate of drug-likeness (QED) is 0.781. The third kappa shape index (κ3) is 2.80. The first-order valence-electron chi connectivity index (χ1n) is 6.24. The number of fused-ring (bicyclic) bond motifs is 1. The Balaban J connectivity index is 1.82. The van der Waals surface area contributed by atoms with E-state index in [9.17, 15) is 9.59 Å². The lowest BCUT2D eigenvalue weighted by Crippen LogP contribution is -2.11. The van der Waals surface area contributed by atoms with Crippen LogP contribution in [0.2, 0.25) is 0 Å². The summed E-state index contributed by atoms with van der Waals surface area (Å²) in [5.74, 6) is 0.491. The number of aromatic amines is 1. The summed E-state index contributed by atoms with van der Waals surface area (Å²) in [6, 6.07) is 12.2. The number of rotatable bonds is 3. The van der Waals surface area contributed by atoms with Gasteiger partial charge in [-0.25, -0.2) is 0 Å². The third-order valence-electron chi connectivity index (χ3n) is 3.03. The molecule has 5 nitrogen and oxygen atoms in total. The number of H-pyrrole nitrogens is 1. The Morgan fingerprint density at radius 2 is 1.95 bits per heavy atom. The van der Waals surface area contributed by atoms with E-state index in [0.29, 0.717) is 17.0 Å². The van der Waals surface area contributed by atoms with Crippen LogP contribution < -0.4 is 14.9 Å². The van der Waals surface area contributed by atoms with Gasteiger partial charge in [0.25, 0.3) is 5.91 Å². The molecule has 6 heteroatoms. The van der Waals surface area contributed by atoms with Gasteiger partial charge in [0.05, 0.1) is 17.3 Å². The minimum atomic E-state index is -0.208. The fraction of sp³-hybridized carbons (Fsp3) is 0.0667. The van der Waals surface area contributed by atoms with Crippen LogP contribution in [0.1, 0.15) is 10.4 Å². The van der Waals surface area contributed by atoms with Crippen molar-refractivity contribution in [3.8, 4) is 5.75 Å². The maximum absolute atomic E-state index is 12.1. The van der Waals surface area contributed by atoms with E-state index >= 15 is 0 Å². The average molecular weight is 300 g/mol. The molecule has 0 saturated heterocycles. The molecule has 3 aromatic rings. The molecule has 0 radical (unpaired) electrons. The lowest BCUT2D eigenvalue weighted by atomic mass is 10.2. The number of ether oxygens (including phenoxy) is 1. The smallest absolute Gasteiger partial charge is 0.305 e. The third-order valence-corrected chi connectivity index (χ3v) is 3.88. The van der Waals surface area contributed by atoms with E-state index in [1.807, 2.05) is 0 Å². The molecule has 0 unspecified atom stereocenters. The Labute approximate surface area is 124 Å². The summed E-state index contributed by atoms with van der Waals surface area (Å²) in [6.07, 6.45) is 0. The molecule has 0 aliphatic carbocycles. The van der Waals surface area contributed by atoms with Gasteiger partial charge >= 0.3 is 4.87 Å². The first kappa shape index (κ1) is 13.4. The first-order valence-corrected chi connectivity index (χ1v) is 7.05. The largest absolute Gasteiger partial charge is 0.497 e. The van der Waals surface area contributed by atoms with Gasteiger partial charge in [0.1, 0.15) is 5.75 Å². The molecule has 3 rings (SSSR count). The Hall–Kier alpha value is -2.60. The van der Waals surface area contributed by atoms with Crippen LogP contribution in [0.15, 0.2) is 47.3 Å². The van der Waals surface area contributed by atoms with Gasteiger partial charge in [-0.15, -0.1) is 0 Å². The number of benzene rings is 2.